The minimum atomic E-state index is 0.0444. The monoisotopic (exact) mass is 283 g/mol. The molecule has 0 aromatic carbocycles. The van der Waals surface area contributed by atoms with Crippen LogP contribution in [0.15, 0.2) is 5.51 Å². The molecular formula is C14H25N3OS. The van der Waals surface area contributed by atoms with Crippen molar-refractivity contribution in [2.24, 2.45) is 0 Å². The van der Waals surface area contributed by atoms with Crippen LogP contribution in [0.25, 0.3) is 0 Å². The van der Waals surface area contributed by atoms with E-state index in [-0.39, 0.29) is 5.60 Å². The van der Waals surface area contributed by atoms with Crippen LogP contribution in [0.3, 0.4) is 0 Å². The molecule has 1 aromatic heterocycles. The summed E-state index contributed by atoms with van der Waals surface area (Å²) in [6.07, 6.45) is 2.22. The third-order valence-corrected chi connectivity index (χ3v) is 4.94. The summed E-state index contributed by atoms with van der Waals surface area (Å²) in [5.74, 6) is 0. The molecule has 0 N–H and O–H groups in total. The minimum Gasteiger partial charge on any atom is -0.377 e. The lowest BCUT2D eigenvalue weighted by Crippen LogP contribution is -2.50. The summed E-state index contributed by atoms with van der Waals surface area (Å²) in [6.45, 7) is 6.37. The van der Waals surface area contributed by atoms with Gasteiger partial charge in [-0.15, -0.1) is 11.3 Å². The second kappa shape index (κ2) is 6.31. The molecule has 0 spiro atoms. The normalized spacial score (nSPS) is 20.1. The Labute approximate surface area is 120 Å². The first-order chi connectivity index (χ1) is 9.04. The highest BCUT2D eigenvalue weighted by atomic mass is 32.1. The molecule has 0 radical (unpaired) electrons. The van der Waals surface area contributed by atoms with E-state index in [0.29, 0.717) is 0 Å². The van der Waals surface area contributed by atoms with Crippen molar-refractivity contribution in [2.75, 3.05) is 40.8 Å². The van der Waals surface area contributed by atoms with Crippen LogP contribution in [0.1, 0.15) is 23.4 Å². The third kappa shape index (κ3) is 3.75. The number of likely N-dealkylation sites (N-methyl/N-ethyl adjacent to an activating group) is 1. The third-order valence-electron chi connectivity index (χ3n) is 4.02. The summed E-state index contributed by atoms with van der Waals surface area (Å²) >= 11 is 1.77. The summed E-state index contributed by atoms with van der Waals surface area (Å²) < 4.78 is 5.82. The first-order valence-corrected chi connectivity index (χ1v) is 7.74. The SMILES string of the molecule is COC1(CN(C)C)CCN(Cc2scnc2C)CC1. The number of aromatic nitrogens is 1. The highest BCUT2D eigenvalue weighted by molar-refractivity contribution is 7.09. The molecule has 0 unspecified atom stereocenters. The van der Waals surface area contributed by atoms with E-state index in [1.165, 1.54) is 10.6 Å². The number of hydrogen-bond acceptors (Lipinski definition) is 5. The molecule has 1 aromatic rings. The van der Waals surface area contributed by atoms with Crippen LogP contribution in [-0.4, -0.2) is 61.2 Å². The number of nitrogens with zero attached hydrogens (tertiary/aromatic N) is 3. The molecule has 19 heavy (non-hydrogen) atoms. The maximum Gasteiger partial charge on any atom is 0.0829 e. The van der Waals surface area contributed by atoms with Gasteiger partial charge in [0.2, 0.25) is 0 Å². The van der Waals surface area contributed by atoms with Crippen LogP contribution >= 0.6 is 11.3 Å². The molecule has 0 bridgehead atoms. The average Bonchev–Trinajstić information content (AvgIpc) is 2.77. The molecule has 2 rings (SSSR count). The molecule has 1 saturated heterocycles. The van der Waals surface area contributed by atoms with Crippen molar-refractivity contribution in [2.45, 2.75) is 31.9 Å². The highest BCUT2D eigenvalue weighted by Gasteiger charge is 2.35. The number of methoxy groups -OCH3 is 1. The summed E-state index contributed by atoms with van der Waals surface area (Å²) in [5, 5.41) is 0. The maximum absolute atomic E-state index is 5.82. The van der Waals surface area contributed by atoms with Gasteiger partial charge in [-0.3, -0.25) is 4.90 Å². The van der Waals surface area contributed by atoms with Gasteiger partial charge in [0.05, 0.1) is 16.8 Å². The maximum atomic E-state index is 5.82. The number of thiazole rings is 1. The fourth-order valence-corrected chi connectivity index (χ4v) is 3.62. The zero-order valence-electron chi connectivity index (χ0n) is 12.5. The van der Waals surface area contributed by atoms with Gasteiger partial charge in [0, 0.05) is 38.2 Å². The van der Waals surface area contributed by atoms with E-state index in [1.807, 2.05) is 12.6 Å². The molecule has 0 aliphatic carbocycles. The zero-order valence-corrected chi connectivity index (χ0v) is 13.3. The van der Waals surface area contributed by atoms with E-state index in [9.17, 15) is 0 Å². The smallest absolute Gasteiger partial charge is 0.0829 e. The van der Waals surface area contributed by atoms with Gasteiger partial charge in [-0.1, -0.05) is 0 Å². The van der Waals surface area contributed by atoms with Crippen molar-refractivity contribution in [3.63, 3.8) is 0 Å². The van der Waals surface area contributed by atoms with Crippen LogP contribution in [0.2, 0.25) is 0 Å². The predicted molar refractivity (Wildman–Crippen MR) is 79.7 cm³/mol. The van der Waals surface area contributed by atoms with Crippen LogP contribution in [-0.2, 0) is 11.3 Å². The molecule has 0 atom stereocenters. The van der Waals surface area contributed by atoms with Crippen molar-refractivity contribution in [3.8, 4) is 0 Å². The first kappa shape index (κ1) is 14.9. The lowest BCUT2D eigenvalue weighted by atomic mass is 9.90. The number of aryl methyl sites for hydroxylation is 1. The van der Waals surface area contributed by atoms with Gasteiger partial charge in [-0.2, -0.15) is 0 Å². The average molecular weight is 283 g/mol. The first-order valence-electron chi connectivity index (χ1n) is 6.86. The van der Waals surface area contributed by atoms with Gasteiger partial charge in [0.15, 0.2) is 0 Å². The molecule has 5 heteroatoms. The van der Waals surface area contributed by atoms with E-state index >= 15 is 0 Å². The van der Waals surface area contributed by atoms with Gasteiger partial charge in [-0.25, -0.2) is 4.98 Å². The van der Waals surface area contributed by atoms with Gasteiger partial charge in [0.1, 0.15) is 0 Å². The Morgan fingerprint density at radius 2 is 2.11 bits per heavy atom. The quantitative estimate of drug-likeness (QED) is 0.826. The molecule has 4 nitrogen and oxygen atoms in total. The second-order valence-electron chi connectivity index (χ2n) is 5.76. The van der Waals surface area contributed by atoms with Crippen molar-refractivity contribution in [1.29, 1.82) is 0 Å². The van der Waals surface area contributed by atoms with Crippen LogP contribution < -0.4 is 0 Å². The summed E-state index contributed by atoms with van der Waals surface area (Å²) in [6, 6.07) is 0. The van der Waals surface area contributed by atoms with Crippen molar-refractivity contribution < 1.29 is 4.74 Å². The number of likely N-dealkylation sites (tertiary alicyclic amines) is 1. The number of piperidine rings is 1. The Hall–Kier alpha value is -0.490. The van der Waals surface area contributed by atoms with Gasteiger partial charge >= 0.3 is 0 Å². The predicted octanol–water partition coefficient (Wildman–Crippen LogP) is 1.99. The number of rotatable bonds is 5. The largest absolute Gasteiger partial charge is 0.377 e. The summed E-state index contributed by atoms with van der Waals surface area (Å²) in [4.78, 5) is 10.5. The summed E-state index contributed by atoms with van der Waals surface area (Å²) in [7, 11) is 6.09. The van der Waals surface area contributed by atoms with E-state index in [2.05, 4.69) is 35.8 Å². The van der Waals surface area contributed by atoms with Crippen molar-refractivity contribution in [1.82, 2.24) is 14.8 Å². The van der Waals surface area contributed by atoms with Gasteiger partial charge in [0.25, 0.3) is 0 Å². The molecule has 0 amide bonds. The Bertz CT molecular complexity index is 397. The number of ether oxygens (including phenoxy) is 1. The second-order valence-corrected chi connectivity index (χ2v) is 6.70. The Morgan fingerprint density at radius 1 is 1.42 bits per heavy atom. The van der Waals surface area contributed by atoms with Crippen LogP contribution in [0.5, 0.6) is 0 Å². The fraction of sp³-hybridized carbons (Fsp3) is 0.786. The topological polar surface area (TPSA) is 28.6 Å². The highest BCUT2D eigenvalue weighted by Crippen LogP contribution is 2.28. The van der Waals surface area contributed by atoms with Gasteiger partial charge in [-0.05, 0) is 33.9 Å². The van der Waals surface area contributed by atoms with E-state index in [0.717, 1.165) is 39.0 Å². The van der Waals surface area contributed by atoms with Crippen LogP contribution in [0.4, 0.5) is 0 Å². The molecule has 1 aliphatic rings. The molecule has 108 valence electrons. The molecule has 2 heterocycles. The molecule has 1 aliphatic heterocycles. The lowest BCUT2D eigenvalue weighted by Gasteiger charge is -2.42. The Balaban J connectivity index is 1.89. The van der Waals surface area contributed by atoms with Crippen molar-refractivity contribution >= 4 is 11.3 Å². The standard InChI is InChI=1S/C14H25N3OS/c1-12-13(19-11-15-12)9-17-7-5-14(18-4,6-8-17)10-16(2)3/h11H,5-10H2,1-4H3. The van der Waals surface area contributed by atoms with Crippen LogP contribution in [0, 0.1) is 6.92 Å². The fourth-order valence-electron chi connectivity index (χ4n) is 2.80. The Kier molecular flexibility index (Phi) is 4.95. The molecule has 1 fully saturated rings. The summed E-state index contributed by atoms with van der Waals surface area (Å²) in [5.41, 5.74) is 3.17. The van der Waals surface area contributed by atoms with E-state index in [1.54, 1.807) is 11.3 Å². The number of hydrogen-bond donors (Lipinski definition) is 0. The molecule has 0 saturated carbocycles. The Morgan fingerprint density at radius 3 is 2.58 bits per heavy atom. The zero-order chi connectivity index (χ0) is 13.9. The molecular weight excluding hydrogens is 258 g/mol. The van der Waals surface area contributed by atoms with Crippen molar-refractivity contribution in [3.05, 3.63) is 16.1 Å². The minimum absolute atomic E-state index is 0.0444. The lowest BCUT2D eigenvalue weighted by molar-refractivity contribution is -0.0711. The van der Waals surface area contributed by atoms with E-state index < -0.39 is 0 Å². The van der Waals surface area contributed by atoms with Gasteiger partial charge < -0.3 is 9.64 Å². The van der Waals surface area contributed by atoms with E-state index in [4.69, 9.17) is 4.74 Å².